The Labute approximate surface area is 212 Å². The number of amides is 3. The van der Waals surface area contributed by atoms with Crippen molar-refractivity contribution in [1.82, 2.24) is 16.0 Å². The lowest BCUT2D eigenvalue weighted by atomic mass is 10.0. The summed E-state index contributed by atoms with van der Waals surface area (Å²) in [7, 11) is 0. The van der Waals surface area contributed by atoms with Gasteiger partial charge in [0.2, 0.25) is 17.7 Å². The molecule has 0 saturated carbocycles. The molecule has 0 fully saturated rings. The second-order valence-electron chi connectivity index (χ2n) is 9.16. The maximum absolute atomic E-state index is 13.0. The van der Waals surface area contributed by atoms with Crippen LogP contribution in [0.5, 0.6) is 0 Å². The number of carbonyl (C=O) groups is 4. The van der Waals surface area contributed by atoms with E-state index in [2.05, 4.69) is 20.9 Å². The first-order valence-electron chi connectivity index (χ1n) is 11.7. The predicted octanol–water partition coefficient (Wildman–Crippen LogP) is -0.638. The zero-order valence-corrected chi connectivity index (χ0v) is 22.2. The lowest BCUT2D eigenvalue weighted by molar-refractivity contribution is -0.142. The van der Waals surface area contributed by atoms with Crippen molar-refractivity contribution in [2.24, 2.45) is 34.0 Å². The van der Waals surface area contributed by atoms with Crippen molar-refractivity contribution in [3.63, 3.8) is 0 Å². The van der Waals surface area contributed by atoms with E-state index in [0.29, 0.717) is 31.6 Å². The largest absolute Gasteiger partial charge is 0.480 e. The number of carboxylic acid groups (broad SMARTS) is 1. The van der Waals surface area contributed by atoms with E-state index in [1.807, 2.05) is 20.1 Å². The zero-order chi connectivity index (χ0) is 27.1. The molecule has 10 N–H and O–H groups in total. The lowest BCUT2D eigenvalue weighted by Gasteiger charge is -2.27. The van der Waals surface area contributed by atoms with E-state index in [-0.39, 0.29) is 24.2 Å². The van der Waals surface area contributed by atoms with Gasteiger partial charge in [-0.3, -0.25) is 19.4 Å². The fourth-order valence-electron chi connectivity index (χ4n) is 3.18. The molecule has 35 heavy (non-hydrogen) atoms. The molecule has 0 bridgehead atoms. The highest BCUT2D eigenvalue weighted by atomic mass is 32.2. The smallest absolute Gasteiger partial charge is 0.326 e. The number of nitrogens with two attached hydrogens (primary N) is 3. The third-order valence-corrected chi connectivity index (χ3v) is 5.76. The van der Waals surface area contributed by atoms with Gasteiger partial charge in [-0.1, -0.05) is 27.7 Å². The van der Waals surface area contributed by atoms with Crippen molar-refractivity contribution < 1.29 is 24.3 Å². The summed E-state index contributed by atoms with van der Waals surface area (Å²) in [5, 5.41) is 17.3. The van der Waals surface area contributed by atoms with E-state index in [0.717, 1.165) is 0 Å². The number of guanidine groups is 1. The number of rotatable bonds is 17. The molecule has 13 heteroatoms. The van der Waals surface area contributed by atoms with Gasteiger partial charge >= 0.3 is 5.97 Å². The van der Waals surface area contributed by atoms with Gasteiger partial charge in [0.05, 0.1) is 6.04 Å². The highest BCUT2D eigenvalue weighted by molar-refractivity contribution is 7.98. The molecule has 0 aromatic carbocycles. The van der Waals surface area contributed by atoms with Crippen LogP contribution in [0, 0.1) is 11.8 Å². The van der Waals surface area contributed by atoms with Crippen molar-refractivity contribution in [3.8, 4) is 0 Å². The van der Waals surface area contributed by atoms with Gasteiger partial charge < -0.3 is 38.3 Å². The summed E-state index contributed by atoms with van der Waals surface area (Å²) < 4.78 is 0. The fourth-order valence-corrected chi connectivity index (χ4v) is 3.65. The minimum absolute atomic E-state index is 0.0430. The number of aliphatic carboxylic acids is 1. The highest BCUT2D eigenvalue weighted by Gasteiger charge is 2.31. The van der Waals surface area contributed by atoms with E-state index >= 15 is 0 Å². The highest BCUT2D eigenvalue weighted by Crippen LogP contribution is 2.09. The third-order valence-electron chi connectivity index (χ3n) is 5.12. The number of carboxylic acids is 1. The maximum atomic E-state index is 13.0. The molecular weight excluding hydrogens is 474 g/mol. The molecule has 0 spiro atoms. The molecule has 3 amide bonds. The number of hydrogen-bond acceptors (Lipinski definition) is 7. The number of aliphatic imine (C=N–C) groups is 1. The molecule has 4 unspecified atom stereocenters. The summed E-state index contributed by atoms with van der Waals surface area (Å²) >= 11 is 1.49. The topological polar surface area (TPSA) is 215 Å². The first-order valence-corrected chi connectivity index (χ1v) is 13.1. The molecule has 0 aromatic heterocycles. The van der Waals surface area contributed by atoms with Gasteiger partial charge in [-0.15, -0.1) is 0 Å². The summed E-state index contributed by atoms with van der Waals surface area (Å²) in [5.74, 6) is -2.47. The molecule has 0 aliphatic carbocycles. The molecule has 0 aliphatic heterocycles. The van der Waals surface area contributed by atoms with E-state index in [4.69, 9.17) is 17.2 Å². The van der Waals surface area contributed by atoms with Crippen LogP contribution in [0.25, 0.3) is 0 Å². The zero-order valence-electron chi connectivity index (χ0n) is 21.4. The van der Waals surface area contributed by atoms with Crippen LogP contribution < -0.4 is 33.2 Å². The van der Waals surface area contributed by atoms with Crippen LogP contribution in [0.2, 0.25) is 0 Å². The predicted molar refractivity (Wildman–Crippen MR) is 139 cm³/mol. The Morgan fingerprint density at radius 3 is 2.00 bits per heavy atom. The Morgan fingerprint density at radius 2 is 1.51 bits per heavy atom. The average Bonchev–Trinajstić information content (AvgIpc) is 2.75. The number of nitrogens with zero attached hydrogens (tertiary/aromatic N) is 1. The Kier molecular flexibility index (Phi) is 15.7. The first kappa shape index (κ1) is 32.5. The second-order valence-corrected chi connectivity index (χ2v) is 10.1. The van der Waals surface area contributed by atoms with E-state index in [9.17, 15) is 24.3 Å². The van der Waals surface area contributed by atoms with Gasteiger partial charge in [0.1, 0.15) is 18.1 Å². The molecule has 4 atom stereocenters. The third kappa shape index (κ3) is 13.8. The average molecular weight is 518 g/mol. The molecule has 202 valence electrons. The molecule has 0 radical (unpaired) electrons. The van der Waals surface area contributed by atoms with Crippen molar-refractivity contribution in [3.05, 3.63) is 0 Å². The van der Waals surface area contributed by atoms with Crippen molar-refractivity contribution in [1.29, 1.82) is 0 Å². The molecule has 0 aromatic rings. The lowest BCUT2D eigenvalue weighted by Crippen LogP contribution is -2.58. The fraction of sp³-hybridized carbons (Fsp3) is 0.773. The van der Waals surface area contributed by atoms with Crippen molar-refractivity contribution in [2.45, 2.75) is 77.5 Å². The quantitative estimate of drug-likeness (QED) is 0.0740. The van der Waals surface area contributed by atoms with Crippen LogP contribution in [0.4, 0.5) is 0 Å². The van der Waals surface area contributed by atoms with Gasteiger partial charge in [0.25, 0.3) is 0 Å². The van der Waals surface area contributed by atoms with Crippen LogP contribution in [0.3, 0.4) is 0 Å². The van der Waals surface area contributed by atoms with Gasteiger partial charge in [-0.05, 0) is 49.5 Å². The van der Waals surface area contributed by atoms with E-state index < -0.39 is 47.9 Å². The molecular formula is C22H43N7O5S. The van der Waals surface area contributed by atoms with E-state index in [1.54, 1.807) is 13.8 Å². The summed E-state index contributed by atoms with van der Waals surface area (Å²) in [6.07, 6.45) is 3.23. The Hall–Kier alpha value is -2.54. The molecule has 0 saturated heterocycles. The van der Waals surface area contributed by atoms with Crippen molar-refractivity contribution >= 4 is 41.4 Å². The minimum atomic E-state index is -1.14. The minimum Gasteiger partial charge on any atom is -0.480 e. The summed E-state index contributed by atoms with van der Waals surface area (Å²) in [6, 6.07) is -3.80. The molecule has 0 heterocycles. The monoisotopic (exact) mass is 517 g/mol. The second kappa shape index (κ2) is 17.0. The molecule has 0 rings (SSSR count). The SMILES string of the molecule is CSCCC(NC(=O)C(NC(=O)C(N)CCCN=C(N)N)C(C)C)C(=O)NC(CC(C)C)C(=O)O. The number of hydrogen-bond donors (Lipinski definition) is 7. The van der Waals surface area contributed by atoms with Gasteiger partial charge in [-0.25, -0.2) is 4.79 Å². The van der Waals surface area contributed by atoms with Crippen molar-refractivity contribution in [2.75, 3.05) is 18.6 Å². The summed E-state index contributed by atoms with van der Waals surface area (Å²) in [5.41, 5.74) is 16.5. The Bertz CT molecular complexity index is 729. The van der Waals surface area contributed by atoms with Crippen LogP contribution in [-0.2, 0) is 19.2 Å². The normalized spacial score (nSPS) is 14.5. The van der Waals surface area contributed by atoms with E-state index in [1.165, 1.54) is 11.8 Å². The van der Waals surface area contributed by atoms with Crippen LogP contribution >= 0.6 is 11.8 Å². The summed E-state index contributed by atoms with van der Waals surface area (Å²) in [4.78, 5) is 53.9. The van der Waals surface area contributed by atoms with Gasteiger partial charge in [0, 0.05) is 6.54 Å². The standard InChI is InChI=1S/C22H43N7O5S/c1-12(2)11-16(21(33)34)28-19(31)15(8-10-35-5)27-20(32)17(13(3)4)29-18(30)14(23)7-6-9-26-22(24)25/h12-17H,6-11,23H2,1-5H3,(H,27,32)(H,28,31)(H,29,30)(H,33,34)(H4,24,25,26). The number of thioether (sulfide) groups is 1. The first-order chi connectivity index (χ1) is 16.3. The Balaban J connectivity index is 5.28. The van der Waals surface area contributed by atoms with Gasteiger partial charge in [0.15, 0.2) is 5.96 Å². The van der Waals surface area contributed by atoms with Crippen LogP contribution in [0.15, 0.2) is 4.99 Å². The number of nitrogens with one attached hydrogen (secondary N) is 3. The number of carbonyl (C=O) groups excluding carboxylic acids is 3. The Morgan fingerprint density at radius 1 is 0.914 bits per heavy atom. The van der Waals surface area contributed by atoms with Crippen LogP contribution in [-0.4, -0.2) is 77.5 Å². The maximum Gasteiger partial charge on any atom is 0.326 e. The van der Waals surface area contributed by atoms with Crippen LogP contribution in [0.1, 0.15) is 53.4 Å². The molecule has 12 nitrogen and oxygen atoms in total. The molecule has 0 aliphatic rings. The van der Waals surface area contributed by atoms with Gasteiger partial charge in [-0.2, -0.15) is 11.8 Å². The summed E-state index contributed by atoms with van der Waals surface area (Å²) in [6.45, 7) is 7.56.